The van der Waals surface area contributed by atoms with Crippen LogP contribution in [0.2, 0.25) is 0 Å². The third-order valence-corrected chi connectivity index (χ3v) is 3.93. The van der Waals surface area contributed by atoms with E-state index in [1.807, 2.05) is 0 Å². The number of urea groups is 1. The number of amides is 2. The zero-order valence-electron chi connectivity index (χ0n) is 14.8. The van der Waals surface area contributed by atoms with Gasteiger partial charge in [0, 0.05) is 12.6 Å². The zero-order valence-corrected chi connectivity index (χ0v) is 14.8. The molecule has 1 heterocycles. The van der Waals surface area contributed by atoms with Gasteiger partial charge in [-0.1, -0.05) is 36.4 Å². The Kier molecular flexibility index (Phi) is 5.53. The third-order valence-electron chi connectivity index (χ3n) is 3.93. The maximum absolute atomic E-state index is 13.0. The predicted molar refractivity (Wildman–Crippen MR) is 97.8 cm³/mol. The summed E-state index contributed by atoms with van der Waals surface area (Å²) in [5.74, 6) is -1.24. The van der Waals surface area contributed by atoms with Crippen LogP contribution in [-0.2, 0) is 12.7 Å². The highest BCUT2D eigenvalue weighted by Crippen LogP contribution is 2.31. The highest BCUT2D eigenvalue weighted by molar-refractivity contribution is 5.91. The van der Waals surface area contributed by atoms with E-state index in [0.717, 1.165) is 12.1 Å². The van der Waals surface area contributed by atoms with Crippen LogP contribution in [0, 0.1) is 0 Å². The summed E-state index contributed by atoms with van der Waals surface area (Å²) >= 11 is 0. The molecule has 0 fully saturated rings. The van der Waals surface area contributed by atoms with Gasteiger partial charge < -0.3 is 10.4 Å². The monoisotopic (exact) mass is 404 g/mol. The molecule has 2 aromatic carbocycles. The van der Waals surface area contributed by atoms with Crippen molar-refractivity contribution >= 4 is 17.8 Å². The topological polar surface area (TPSA) is 96.2 Å². The molecule has 10 heteroatoms. The van der Waals surface area contributed by atoms with Crippen molar-refractivity contribution in [2.24, 2.45) is 0 Å². The quantitative estimate of drug-likeness (QED) is 0.601. The summed E-state index contributed by atoms with van der Waals surface area (Å²) in [5, 5.41) is 17.8. The van der Waals surface area contributed by atoms with Crippen molar-refractivity contribution in [1.82, 2.24) is 15.1 Å². The van der Waals surface area contributed by atoms with Crippen molar-refractivity contribution < 1.29 is 27.9 Å². The van der Waals surface area contributed by atoms with Gasteiger partial charge in [-0.05, 0) is 23.8 Å². The molecule has 0 aliphatic rings. The number of benzene rings is 2. The van der Waals surface area contributed by atoms with Crippen molar-refractivity contribution in [3.63, 3.8) is 0 Å². The number of rotatable bonds is 5. The number of para-hydroxylation sites is 1. The van der Waals surface area contributed by atoms with Gasteiger partial charge in [0.25, 0.3) is 0 Å². The van der Waals surface area contributed by atoms with Crippen LogP contribution in [0.25, 0.3) is 5.69 Å². The van der Waals surface area contributed by atoms with Crippen LogP contribution in [-0.4, -0.2) is 26.9 Å². The van der Waals surface area contributed by atoms with E-state index >= 15 is 0 Å². The molecular formula is C19H15F3N4O3. The van der Waals surface area contributed by atoms with E-state index in [0.29, 0.717) is 5.69 Å². The number of nitrogens with one attached hydrogen (secondary N) is 2. The molecule has 0 bridgehead atoms. The lowest BCUT2D eigenvalue weighted by molar-refractivity contribution is -0.138. The number of aromatic nitrogens is 2. The second kappa shape index (κ2) is 8.05. The average molecular weight is 404 g/mol. The van der Waals surface area contributed by atoms with Crippen molar-refractivity contribution in [3.05, 3.63) is 77.5 Å². The van der Waals surface area contributed by atoms with E-state index in [4.69, 9.17) is 5.11 Å². The molecule has 0 radical (unpaired) electrons. The minimum atomic E-state index is -4.54. The molecule has 150 valence electrons. The first-order valence-corrected chi connectivity index (χ1v) is 8.34. The molecule has 3 rings (SSSR count). The van der Waals surface area contributed by atoms with Crippen LogP contribution in [0.15, 0.2) is 60.7 Å². The van der Waals surface area contributed by atoms with Crippen molar-refractivity contribution in [3.8, 4) is 5.69 Å². The van der Waals surface area contributed by atoms with Crippen LogP contribution in [0.5, 0.6) is 0 Å². The Bertz CT molecular complexity index is 1030. The SMILES string of the molecule is O=C(NCc1ccccc1C(F)(F)F)Nc1cc(C(=O)O)nn1-c1ccccc1. The molecule has 2 amide bonds. The Labute approximate surface area is 162 Å². The van der Waals surface area contributed by atoms with Gasteiger partial charge in [-0.2, -0.15) is 18.3 Å². The number of alkyl halides is 3. The lowest BCUT2D eigenvalue weighted by atomic mass is 10.1. The minimum Gasteiger partial charge on any atom is -0.476 e. The smallest absolute Gasteiger partial charge is 0.416 e. The number of carbonyl (C=O) groups excluding carboxylic acids is 1. The van der Waals surface area contributed by atoms with Gasteiger partial charge in [0.1, 0.15) is 5.82 Å². The number of hydrogen-bond donors (Lipinski definition) is 3. The Morgan fingerprint density at radius 3 is 2.34 bits per heavy atom. The summed E-state index contributed by atoms with van der Waals surface area (Å²) in [4.78, 5) is 23.4. The molecule has 0 aliphatic carbocycles. The van der Waals surface area contributed by atoms with Crippen molar-refractivity contribution in [2.45, 2.75) is 12.7 Å². The Morgan fingerprint density at radius 2 is 1.69 bits per heavy atom. The highest BCUT2D eigenvalue weighted by Gasteiger charge is 2.32. The van der Waals surface area contributed by atoms with Crippen LogP contribution < -0.4 is 10.6 Å². The zero-order chi connectivity index (χ0) is 21.0. The molecule has 0 spiro atoms. The second-order valence-corrected chi connectivity index (χ2v) is 5.93. The first-order chi connectivity index (χ1) is 13.8. The Morgan fingerprint density at radius 1 is 1.03 bits per heavy atom. The van der Waals surface area contributed by atoms with Crippen LogP contribution in [0.1, 0.15) is 21.6 Å². The van der Waals surface area contributed by atoms with E-state index in [2.05, 4.69) is 15.7 Å². The number of hydrogen-bond acceptors (Lipinski definition) is 3. The minimum absolute atomic E-state index is 0.0511. The third kappa shape index (κ3) is 4.72. The molecule has 0 aliphatic heterocycles. The van der Waals surface area contributed by atoms with Gasteiger partial charge in [-0.25, -0.2) is 14.3 Å². The number of halogens is 3. The fraction of sp³-hybridized carbons (Fsp3) is 0.105. The number of aromatic carboxylic acids is 1. The van der Waals surface area contributed by atoms with Gasteiger partial charge in [-0.15, -0.1) is 0 Å². The predicted octanol–water partition coefficient (Wildman–Crippen LogP) is 3.91. The van der Waals surface area contributed by atoms with Crippen LogP contribution in [0.4, 0.5) is 23.8 Å². The average Bonchev–Trinajstić information content (AvgIpc) is 3.10. The van der Waals surface area contributed by atoms with Crippen molar-refractivity contribution in [2.75, 3.05) is 5.32 Å². The molecule has 3 N–H and O–H groups in total. The Balaban J connectivity index is 1.77. The molecule has 0 atom stereocenters. The standard InChI is InChI=1S/C19H15F3N4O3/c20-19(21,22)14-9-5-4-6-12(14)11-23-18(29)24-16-10-15(17(27)28)25-26(16)13-7-2-1-3-8-13/h1-10H,11H2,(H,27,28)(H2,23,24,29). The van der Waals surface area contributed by atoms with E-state index in [9.17, 15) is 22.8 Å². The number of nitrogens with zero attached hydrogens (tertiary/aromatic N) is 2. The van der Waals surface area contributed by atoms with Gasteiger partial charge in [0.2, 0.25) is 0 Å². The largest absolute Gasteiger partial charge is 0.476 e. The fourth-order valence-electron chi connectivity index (χ4n) is 2.63. The number of carbonyl (C=O) groups is 2. The van der Waals surface area contributed by atoms with E-state index in [1.165, 1.54) is 22.9 Å². The number of carboxylic acids is 1. The van der Waals surface area contributed by atoms with E-state index in [1.54, 1.807) is 30.3 Å². The van der Waals surface area contributed by atoms with Gasteiger partial charge in [-0.3, -0.25) is 5.32 Å². The normalized spacial score (nSPS) is 11.1. The lowest BCUT2D eigenvalue weighted by Gasteiger charge is -2.14. The molecule has 7 nitrogen and oxygen atoms in total. The maximum Gasteiger partial charge on any atom is 0.416 e. The summed E-state index contributed by atoms with van der Waals surface area (Å²) in [6, 6.07) is 13.7. The summed E-state index contributed by atoms with van der Waals surface area (Å²) in [6.45, 7) is -0.368. The number of anilines is 1. The molecule has 3 aromatic rings. The van der Waals surface area contributed by atoms with E-state index in [-0.39, 0.29) is 23.6 Å². The number of carboxylic acid groups (broad SMARTS) is 1. The summed E-state index contributed by atoms with van der Waals surface area (Å²) in [7, 11) is 0. The van der Waals surface area contributed by atoms with Crippen LogP contribution >= 0.6 is 0 Å². The first kappa shape index (κ1) is 19.9. The summed E-state index contributed by atoms with van der Waals surface area (Å²) < 4.78 is 40.3. The molecule has 0 saturated heterocycles. The Hall–Kier alpha value is -3.82. The molecule has 1 aromatic heterocycles. The molecule has 0 saturated carbocycles. The maximum atomic E-state index is 13.0. The second-order valence-electron chi connectivity index (χ2n) is 5.93. The first-order valence-electron chi connectivity index (χ1n) is 8.34. The van der Waals surface area contributed by atoms with Crippen LogP contribution in [0.3, 0.4) is 0 Å². The van der Waals surface area contributed by atoms with Gasteiger partial charge >= 0.3 is 18.2 Å². The summed E-state index contributed by atoms with van der Waals surface area (Å²) in [5.41, 5.74) is -0.745. The van der Waals surface area contributed by atoms with E-state index < -0.39 is 23.7 Å². The van der Waals surface area contributed by atoms with Crippen molar-refractivity contribution in [1.29, 1.82) is 0 Å². The highest BCUT2D eigenvalue weighted by atomic mass is 19.4. The van der Waals surface area contributed by atoms with Gasteiger partial charge in [0.15, 0.2) is 5.69 Å². The molecular weight excluding hydrogens is 389 g/mol. The molecule has 0 unspecified atom stereocenters. The molecule has 29 heavy (non-hydrogen) atoms. The lowest BCUT2D eigenvalue weighted by Crippen LogP contribution is -2.30. The fourth-order valence-corrected chi connectivity index (χ4v) is 2.63. The van der Waals surface area contributed by atoms with Gasteiger partial charge in [0.05, 0.1) is 11.3 Å². The summed E-state index contributed by atoms with van der Waals surface area (Å²) in [6.07, 6.45) is -4.54.